The van der Waals surface area contributed by atoms with Crippen molar-refractivity contribution in [2.24, 2.45) is 0 Å². The number of hydrogen-bond acceptors (Lipinski definition) is 4. The summed E-state index contributed by atoms with van der Waals surface area (Å²) >= 11 is 4.58. The summed E-state index contributed by atoms with van der Waals surface area (Å²) in [5.74, 6) is 0. The molecule has 0 spiro atoms. The maximum absolute atomic E-state index is 6.00. The van der Waals surface area contributed by atoms with Crippen molar-refractivity contribution in [3.05, 3.63) is 0 Å². The molecule has 0 bridgehead atoms. The Bertz CT molecular complexity index is 171. The Balaban J connectivity index is 4.61. The molecule has 18 heavy (non-hydrogen) atoms. The van der Waals surface area contributed by atoms with Gasteiger partial charge in [0, 0.05) is 31.1 Å². The largest absolute Gasteiger partial charge is 0.502 e. The zero-order valence-electron chi connectivity index (χ0n) is 12.4. The van der Waals surface area contributed by atoms with Crippen LogP contribution in [0.3, 0.4) is 0 Å². The minimum Gasteiger partial charge on any atom is -0.373 e. The summed E-state index contributed by atoms with van der Waals surface area (Å²) in [4.78, 5) is 0. The van der Waals surface area contributed by atoms with Gasteiger partial charge in [-0.1, -0.05) is 27.7 Å². The zero-order valence-corrected chi connectivity index (χ0v) is 14.3. The van der Waals surface area contributed by atoms with E-state index in [4.69, 9.17) is 13.3 Å². The van der Waals surface area contributed by atoms with Crippen LogP contribution in [-0.4, -0.2) is 33.9 Å². The summed E-state index contributed by atoms with van der Waals surface area (Å²) in [5, 5.41) is 0.294. The van der Waals surface area contributed by atoms with Crippen LogP contribution in [-0.2, 0) is 13.3 Å². The molecule has 0 aromatic heterocycles. The number of thiol groups is 1. The standard InChI is InChI=1S/C13H30O3SSi/c1-5-9-14-18(15-10-6-2,16-11-7-3)12-13(17)8-4/h13,17H,5-12H2,1-4H3. The van der Waals surface area contributed by atoms with Crippen molar-refractivity contribution in [3.8, 4) is 0 Å². The molecule has 0 heterocycles. The van der Waals surface area contributed by atoms with Gasteiger partial charge in [-0.05, 0) is 25.7 Å². The molecule has 0 rings (SSSR count). The van der Waals surface area contributed by atoms with Crippen LogP contribution in [0.25, 0.3) is 0 Å². The first-order chi connectivity index (χ1) is 8.64. The molecule has 1 unspecified atom stereocenters. The van der Waals surface area contributed by atoms with E-state index in [1.165, 1.54) is 0 Å². The van der Waals surface area contributed by atoms with Crippen molar-refractivity contribution in [2.45, 2.75) is 64.7 Å². The highest BCUT2D eigenvalue weighted by Gasteiger charge is 2.42. The zero-order chi connectivity index (χ0) is 13.9. The maximum Gasteiger partial charge on any atom is 0.502 e. The van der Waals surface area contributed by atoms with E-state index in [0.29, 0.717) is 25.1 Å². The average molecular weight is 295 g/mol. The third kappa shape index (κ3) is 7.79. The van der Waals surface area contributed by atoms with Crippen molar-refractivity contribution in [2.75, 3.05) is 19.8 Å². The van der Waals surface area contributed by atoms with Crippen molar-refractivity contribution in [1.82, 2.24) is 0 Å². The Kier molecular flexibility index (Phi) is 11.6. The average Bonchev–Trinajstić information content (AvgIpc) is 2.40. The highest BCUT2D eigenvalue weighted by atomic mass is 32.1. The second kappa shape index (κ2) is 11.3. The van der Waals surface area contributed by atoms with E-state index in [9.17, 15) is 0 Å². The number of rotatable bonds is 12. The van der Waals surface area contributed by atoms with Crippen LogP contribution in [0.5, 0.6) is 0 Å². The van der Waals surface area contributed by atoms with Crippen LogP contribution in [0.2, 0.25) is 6.04 Å². The lowest BCUT2D eigenvalue weighted by molar-refractivity contribution is 0.0591. The molecule has 5 heteroatoms. The Morgan fingerprint density at radius 2 is 1.22 bits per heavy atom. The molecule has 0 saturated carbocycles. The predicted octanol–water partition coefficient (Wildman–Crippen LogP) is 3.91. The van der Waals surface area contributed by atoms with Gasteiger partial charge in [0.25, 0.3) is 0 Å². The topological polar surface area (TPSA) is 27.7 Å². The Morgan fingerprint density at radius 3 is 1.50 bits per heavy atom. The van der Waals surface area contributed by atoms with E-state index >= 15 is 0 Å². The molecular formula is C13H30O3SSi. The van der Waals surface area contributed by atoms with Crippen molar-refractivity contribution in [3.63, 3.8) is 0 Å². The van der Waals surface area contributed by atoms with Crippen LogP contribution in [0.15, 0.2) is 0 Å². The molecule has 0 saturated heterocycles. The van der Waals surface area contributed by atoms with Gasteiger partial charge in [-0.3, -0.25) is 0 Å². The third-order valence-corrected chi connectivity index (χ3v) is 6.35. The van der Waals surface area contributed by atoms with Gasteiger partial charge in [0.1, 0.15) is 0 Å². The van der Waals surface area contributed by atoms with Gasteiger partial charge in [0.15, 0.2) is 0 Å². The molecule has 0 aromatic rings. The summed E-state index contributed by atoms with van der Waals surface area (Å²) in [7, 11) is -2.52. The molecule has 0 aliphatic heterocycles. The minimum atomic E-state index is -2.52. The van der Waals surface area contributed by atoms with Crippen LogP contribution in [0.1, 0.15) is 53.4 Å². The third-order valence-electron chi connectivity index (χ3n) is 2.54. The molecule has 0 fully saturated rings. The summed E-state index contributed by atoms with van der Waals surface area (Å²) < 4.78 is 18.0. The van der Waals surface area contributed by atoms with Crippen LogP contribution < -0.4 is 0 Å². The van der Waals surface area contributed by atoms with Gasteiger partial charge in [-0.2, -0.15) is 12.6 Å². The van der Waals surface area contributed by atoms with Crippen molar-refractivity contribution in [1.29, 1.82) is 0 Å². The van der Waals surface area contributed by atoms with Gasteiger partial charge in [-0.25, -0.2) is 0 Å². The summed E-state index contributed by atoms with van der Waals surface area (Å²) in [6.45, 7) is 10.6. The Labute approximate surface area is 119 Å². The van der Waals surface area contributed by atoms with Gasteiger partial charge < -0.3 is 13.3 Å². The lowest BCUT2D eigenvalue weighted by Gasteiger charge is -2.31. The second-order valence-electron chi connectivity index (χ2n) is 4.49. The van der Waals surface area contributed by atoms with Crippen LogP contribution in [0.4, 0.5) is 0 Å². The van der Waals surface area contributed by atoms with E-state index in [-0.39, 0.29) is 0 Å². The molecule has 0 radical (unpaired) electrons. The maximum atomic E-state index is 6.00. The fraction of sp³-hybridized carbons (Fsp3) is 1.00. The quantitative estimate of drug-likeness (QED) is 0.437. The molecule has 3 nitrogen and oxygen atoms in total. The summed E-state index contributed by atoms with van der Waals surface area (Å²) in [6, 6.07) is 0.812. The van der Waals surface area contributed by atoms with Gasteiger partial charge in [-0.15, -0.1) is 0 Å². The Morgan fingerprint density at radius 1 is 0.833 bits per heavy atom. The molecule has 0 aliphatic rings. The first-order valence-electron chi connectivity index (χ1n) is 7.24. The minimum absolute atomic E-state index is 0.294. The normalized spacial score (nSPS) is 13.8. The first kappa shape index (κ1) is 18.4. The number of hydrogen-bond donors (Lipinski definition) is 1. The molecule has 0 N–H and O–H groups in total. The highest BCUT2D eigenvalue weighted by Crippen LogP contribution is 2.23. The van der Waals surface area contributed by atoms with Gasteiger partial charge in [0.2, 0.25) is 0 Å². The van der Waals surface area contributed by atoms with Crippen LogP contribution >= 0.6 is 12.6 Å². The van der Waals surface area contributed by atoms with E-state index in [2.05, 4.69) is 40.3 Å². The molecule has 0 aliphatic carbocycles. The monoisotopic (exact) mass is 294 g/mol. The van der Waals surface area contributed by atoms with Gasteiger partial charge in [0.05, 0.1) is 0 Å². The predicted molar refractivity (Wildman–Crippen MR) is 82.4 cm³/mol. The SMILES string of the molecule is CCCO[Si](CC(S)CC)(OCCC)OCCC. The summed E-state index contributed by atoms with van der Waals surface area (Å²) in [5.41, 5.74) is 0. The lowest BCUT2D eigenvalue weighted by atomic mass is 10.4. The smallest absolute Gasteiger partial charge is 0.373 e. The van der Waals surface area contributed by atoms with E-state index < -0.39 is 8.80 Å². The van der Waals surface area contributed by atoms with E-state index in [0.717, 1.165) is 31.7 Å². The molecular weight excluding hydrogens is 264 g/mol. The van der Waals surface area contributed by atoms with Crippen molar-refractivity contribution >= 4 is 21.4 Å². The van der Waals surface area contributed by atoms with Crippen molar-refractivity contribution < 1.29 is 13.3 Å². The molecule has 110 valence electrons. The molecule has 1 atom stereocenters. The second-order valence-corrected chi connectivity index (χ2v) is 7.87. The molecule has 0 aromatic carbocycles. The lowest BCUT2D eigenvalue weighted by Crippen LogP contribution is -2.48. The van der Waals surface area contributed by atoms with Gasteiger partial charge >= 0.3 is 8.80 Å². The Hall–Kier alpha value is 0.447. The van der Waals surface area contributed by atoms with Crippen LogP contribution in [0, 0.1) is 0 Å². The fourth-order valence-corrected chi connectivity index (χ4v) is 5.19. The highest BCUT2D eigenvalue weighted by molar-refractivity contribution is 7.81. The first-order valence-corrected chi connectivity index (χ1v) is 9.68. The van der Waals surface area contributed by atoms with E-state index in [1.807, 2.05) is 0 Å². The summed E-state index contributed by atoms with van der Waals surface area (Å²) in [6.07, 6.45) is 3.98. The van der Waals surface area contributed by atoms with E-state index in [1.54, 1.807) is 0 Å². The molecule has 0 amide bonds. The fourth-order valence-electron chi connectivity index (χ4n) is 1.51.